The second-order valence-corrected chi connectivity index (χ2v) is 6.98. The zero-order chi connectivity index (χ0) is 14.4. The summed E-state index contributed by atoms with van der Waals surface area (Å²) in [7, 11) is 2.18. The first-order valence-corrected chi connectivity index (χ1v) is 8.49. The molecule has 0 bridgehead atoms. The lowest BCUT2D eigenvalue weighted by Crippen LogP contribution is -2.28. The molecule has 0 saturated heterocycles. The van der Waals surface area contributed by atoms with Crippen LogP contribution in [0, 0.1) is 6.92 Å². The number of nitrogens with one attached hydrogen (secondary N) is 1. The van der Waals surface area contributed by atoms with E-state index in [1.807, 2.05) is 0 Å². The van der Waals surface area contributed by atoms with Gasteiger partial charge in [-0.3, -0.25) is 0 Å². The minimum absolute atomic E-state index is 0.953. The molecule has 0 unspecified atom stereocenters. The third-order valence-corrected chi connectivity index (χ3v) is 4.99. The Morgan fingerprint density at radius 3 is 2.80 bits per heavy atom. The molecular weight excluding hydrogens is 332 g/mol. The average Bonchev–Trinajstić information content (AvgIpc) is 2.83. The van der Waals surface area contributed by atoms with Gasteiger partial charge < -0.3 is 10.2 Å². The van der Waals surface area contributed by atoms with Crippen molar-refractivity contribution in [2.45, 2.75) is 20.0 Å². The van der Waals surface area contributed by atoms with Crippen LogP contribution >= 0.6 is 27.3 Å². The molecule has 0 atom stereocenters. The Balaban J connectivity index is 1.68. The SMILES string of the molecule is Cc1ccccc1CN(C)CCNCc1cc(Br)cs1. The van der Waals surface area contributed by atoms with E-state index in [0.29, 0.717) is 0 Å². The zero-order valence-electron chi connectivity index (χ0n) is 12.0. The van der Waals surface area contributed by atoms with Gasteiger partial charge in [0.15, 0.2) is 0 Å². The molecule has 2 nitrogen and oxygen atoms in total. The van der Waals surface area contributed by atoms with Crippen LogP contribution in [0.4, 0.5) is 0 Å². The van der Waals surface area contributed by atoms with Crippen molar-refractivity contribution in [2.75, 3.05) is 20.1 Å². The van der Waals surface area contributed by atoms with Crippen LogP contribution in [0.3, 0.4) is 0 Å². The number of hydrogen-bond acceptors (Lipinski definition) is 3. The Hall–Kier alpha value is -0.680. The number of nitrogens with zero attached hydrogens (tertiary/aromatic N) is 1. The molecular formula is C16H21BrN2S. The van der Waals surface area contributed by atoms with Crippen molar-refractivity contribution >= 4 is 27.3 Å². The lowest BCUT2D eigenvalue weighted by atomic mass is 10.1. The molecule has 2 rings (SSSR count). The molecule has 2 aromatic rings. The lowest BCUT2D eigenvalue weighted by Gasteiger charge is -2.18. The van der Waals surface area contributed by atoms with Crippen LogP contribution < -0.4 is 5.32 Å². The topological polar surface area (TPSA) is 15.3 Å². The highest BCUT2D eigenvalue weighted by Gasteiger charge is 2.03. The van der Waals surface area contributed by atoms with Gasteiger partial charge in [0.25, 0.3) is 0 Å². The second-order valence-electron chi connectivity index (χ2n) is 5.07. The third kappa shape index (κ3) is 5.02. The predicted octanol–water partition coefficient (Wildman–Crippen LogP) is 4.04. The van der Waals surface area contributed by atoms with E-state index in [9.17, 15) is 0 Å². The highest BCUT2D eigenvalue weighted by Crippen LogP contribution is 2.19. The van der Waals surface area contributed by atoms with E-state index < -0.39 is 0 Å². The largest absolute Gasteiger partial charge is 0.311 e. The van der Waals surface area contributed by atoms with Crippen LogP contribution in [0.5, 0.6) is 0 Å². The number of hydrogen-bond donors (Lipinski definition) is 1. The van der Waals surface area contributed by atoms with Crippen molar-refractivity contribution in [3.05, 3.63) is 56.2 Å². The molecule has 108 valence electrons. The Morgan fingerprint density at radius 2 is 2.10 bits per heavy atom. The standard InChI is InChI=1S/C16H21BrN2S/c1-13-5-3-4-6-14(13)11-19(2)8-7-18-10-16-9-15(17)12-20-16/h3-6,9,12,18H,7-8,10-11H2,1-2H3. The minimum atomic E-state index is 0.953. The van der Waals surface area contributed by atoms with E-state index >= 15 is 0 Å². The smallest absolute Gasteiger partial charge is 0.0300 e. The average molecular weight is 353 g/mol. The zero-order valence-corrected chi connectivity index (χ0v) is 14.4. The van der Waals surface area contributed by atoms with Crippen molar-refractivity contribution < 1.29 is 0 Å². The summed E-state index contributed by atoms with van der Waals surface area (Å²) >= 11 is 5.27. The van der Waals surface area contributed by atoms with Crippen molar-refractivity contribution in [1.29, 1.82) is 0 Å². The fraction of sp³-hybridized carbons (Fsp3) is 0.375. The van der Waals surface area contributed by atoms with E-state index in [2.05, 4.69) is 75.8 Å². The molecule has 1 aromatic carbocycles. The Kier molecular flexibility index (Phi) is 6.23. The molecule has 1 N–H and O–H groups in total. The maximum absolute atomic E-state index is 3.49. The predicted molar refractivity (Wildman–Crippen MR) is 91.2 cm³/mol. The van der Waals surface area contributed by atoms with E-state index in [0.717, 1.165) is 26.2 Å². The normalized spacial score (nSPS) is 11.2. The first-order chi connectivity index (χ1) is 9.65. The minimum Gasteiger partial charge on any atom is -0.311 e. The van der Waals surface area contributed by atoms with E-state index in [1.54, 1.807) is 11.3 Å². The summed E-state index contributed by atoms with van der Waals surface area (Å²) in [6, 6.07) is 10.8. The Morgan fingerprint density at radius 1 is 1.30 bits per heavy atom. The maximum Gasteiger partial charge on any atom is 0.0300 e. The van der Waals surface area contributed by atoms with Gasteiger partial charge in [-0.2, -0.15) is 0 Å². The molecule has 0 amide bonds. The van der Waals surface area contributed by atoms with Gasteiger partial charge in [-0.1, -0.05) is 24.3 Å². The highest BCUT2D eigenvalue weighted by atomic mass is 79.9. The summed E-state index contributed by atoms with van der Waals surface area (Å²) < 4.78 is 1.18. The van der Waals surface area contributed by atoms with Gasteiger partial charge in [-0.25, -0.2) is 0 Å². The van der Waals surface area contributed by atoms with Crippen LogP contribution in [-0.4, -0.2) is 25.0 Å². The van der Waals surface area contributed by atoms with Gasteiger partial charge in [0, 0.05) is 40.9 Å². The molecule has 0 spiro atoms. The van der Waals surface area contributed by atoms with Gasteiger partial charge in [0.1, 0.15) is 0 Å². The summed E-state index contributed by atoms with van der Waals surface area (Å²) in [6.07, 6.45) is 0. The van der Waals surface area contributed by atoms with Gasteiger partial charge in [-0.15, -0.1) is 11.3 Å². The van der Waals surface area contributed by atoms with E-state index in [-0.39, 0.29) is 0 Å². The van der Waals surface area contributed by atoms with E-state index in [1.165, 1.54) is 20.5 Å². The molecule has 0 aliphatic rings. The first kappa shape index (κ1) is 15.7. The van der Waals surface area contributed by atoms with Crippen molar-refractivity contribution in [3.63, 3.8) is 0 Å². The highest BCUT2D eigenvalue weighted by molar-refractivity contribution is 9.10. The van der Waals surface area contributed by atoms with Crippen LogP contribution in [0.1, 0.15) is 16.0 Å². The van der Waals surface area contributed by atoms with Crippen LogP contribution in [0.15, 0.2) is 40.2 Å². The number of thiophene rings is 1. The van der Waals surface area contributed by atoms with Gasteiger partial charge in [-0.05, 0) is 47.1 Å². The summed E-state index contributed by atoms with van der Waals surface area (Å²) in [5, 5.41) is 5.62. The van der Waals surface area contributed by atoms with Crippen LogP contribution in [-0.2, 0) is 13.1 Å². The summed E-state index contributed by atoms with van der Waals surface area (Å²) in [5.41, 5.74) is 2.79. The van der Waals surface area contributed by atoms with Gasteiger partial charge in [0.2, 0.25) is 0 Å². The van der Waals surface area contributed by atoms with Crippen LogP contribution in [0.25, 0.3) is 0 Å². The molecule has 4 heteroatoms. The van der Waals surface area contributed by atoms with Crippen molar-refractivity contribution in [3.8, 4) is 0 Å². The monoisotopic (exact) mass is 352 g/mol. The van der Waals surface area contributed by atoms with Gasteiger partial charge in [0.05, 0.1) is 0 Å². The number of halogens is 1. The second kappa shape index (κ2) is 7.93. The van der Waals surface area contributed by atoms with Crippen molar-refractivity contribution in [1.82, 2.24) is 10.2 Å². The number of rotatable bonds is 7. The van der Waals surface area contributed by atoms with Gasteiger partial charge >= 0.3 is 0 Å². The maximum atomic E-state index is 3.49. The summed E-state index contributed by atoms with van der Waals surface area (Å²) in [4.78, 5) is 3.73. The molecule has 1 aromatic heterocycles. The molecule has 0 radical (unpaired) electrons. The summed E-state index contributed by atoms with van der Waals surface area (Å²) in [6.45, 7) is 6.21. The Labute approximate surface area is 133 Å². The fourth-order valence-electron chi connectivity index (χ4n) is 2.09. The number of aryl methyl sites for hydroxylation is 1. The first-order valence-electron chi connectivity index (χ1n) is 6.82. The molecule has 0 aliphatic carbocycles. The molecule has 1 heterocycles. The molecule has 0 aliphatic heterocycles. The summed E-state index contributed by atoms with van der Waals surface area (Å²) in [5.74, 6) is 0. The third-order valence-electron chi connectivity index (χ3n) is 3.29. The van der Waals surface area contributed by atoms with E-state index in [4.69, 9.17) is 0 Å². The lowest BCUT2D eigenvalue weighted by molar-refractivity contribution is 0.323. The number of likely N-dealkylation sites (N-methyl/N-ethyl adjacent to an activating group) is 1. The quantitative estimate of drug-likeness (QED) is 0.756. The number of benzene rings is 1. The van der Waals surface area contributed by atoms with Crippen molar-refractivity contribution in [2.24, 2.45) is 0 Å². The van der Waals surface area contributed by atoms with Crippen LogP contribution in [0.2, 0.25) is 0 Å². The fourth-order valence-corrected chi connectivity index (χ4v) is 3.51. The molecule has 0 saturated carbocycles. The molecule has 0 fully saturated rings. The Bertz CT molecular complexity index is 539. The molecule has 20 heavy (non-hydrogen) atoms.